The maximum Gasteiger partial charge on any atom is 0.324 e. The van der Waals surface area contributed by atoms with Crippen LogP contribution in [0.25, 0.3) is 0 Å². The van der Waals surface area contributed by atoms with E-state index < -0.39 is 12.0 Å². The van der Waals surface area contributed by atoms with E-state index in [0.717, 1.165) is 17.5 Å². The highest BCUT2D eigenvalue weighted by molar-refractivity contribution is 9.09. The maximum absolute atomic E-state index is 12.8. The number of nitrogens with two attached hydrogens (primary N) is 1. The van der Waals surface area contributed by atoms with Gasteiger partial charge in [0, 0.05) is 17.7 Å². The number of alkyl halides is 1. The van der Waals surface area contributed by atoms with Crippen molar-refractivity contribution in [3.63, 3.8) is 0 Å². The first-order valence-electron chi connectivity index (χ1n) is 10.7. The molecule has 0 heterocycles. The number of amides is 2. The summed E-state index contributed by atoms with van der Waals surface area (Å²) in [5, 5.41) is 7.43. The van der Waals surface area contributed by atoms with Gasteiger partial charge in [-0.25, -0.2) is 4.99 Å². The molecule has 0 bridgehead atoms. The van der Waals surface area contributed by atoms with Gasteiger partial charge in [0.25, 0.3) is 5.91 Å². The molecule has 8 nitrogen and oxygen atoms in total. The fourth-order valence-corrected chi connectivity index (χ4v) is 3.63. The van der Waals surface area contributed by atoms with E-state index in [1.165, 1.54) is 5.41 Å². The predicted octanol–water partition coefficient (Wildman–Crippen LogP) is 3.74. The standard InChI is InChI=1S/C23H35BrN4O4S/c1-7-33-22(26-13-32-21(31)19(25)14(2)3)28-20(30)15-8-10-16(24)17(11-9-15)27-18(29)12-23(4,5)6/h7,9,11,14,16,19H,1,8,10,12-13,25H2,2-6H3,(H,27,29)(H,26,28,30). The first-order chi connectivity index (χ1) is 15.3. The molecular weight excluding hydrogens is 508 g/mol. The summed E-state index contributed by atoms with van der Waals surface area (Å²) in [4.78, 5) is 41.0. The number of rotatable bonds is 8. The smallest absolute Gasteiger partial charge is 0.324 e. The molecule has 2 atom stereocenters. The van der Waals surface area contributed by atoms with Gasteiger partial charge in [-0.3, -0.25) is 14.4 Å². The number of ether oxygens (including phenoxy) is 1. The molecular formula is C23H35BrN4O4S. The van der Waals surface area contributed by atoms with Crippen LogP contribution >= 0.6 is 27.7 Å². The fourth-order valence-electron chi connectivity index (χ4n) is 2.70. The zero-order chi connectivity index (χ0) is 25.2. The molecule has 0 spiro atoms. The molecule has 0 aliphatic heterocycles. The van der Waals surface area contributed by atoms with E-state index in [1.54, 1.807) is 12.2 Å². The van der Waals surface area contributed by atoms with Crippen LogP contribution in [0.3, 0.4) is 0 Å². The van der Waals surface area contributed by atoms with E-state index in [1.807, 2.05) is 34.6 Å². The molecule has 10 heteroatoms. The highest BCUT2D eigenvalue weighted by atomic mass is 79.9. The second-order valence-corrected chi connectivity index (χ2v) is 11.2. The predicted molar refractivity (Wildman–Crippen MR) is 137 cm³/mol. The fraction of sp³-hybridized carbons (Fsp3) is 0.565. The van der Waals surface area contributed by atoms with Gasteiger partial charge in [0.15, 0.2) is 11.9 Å². The summed E-state index contributed by atoms with van der Waals surface area (Å²) in [6, 6.07) is -0.733. The van der Waals surface area contributed by atoms with Crippen molar-refractivity contribution in [1.82, 2.24) is 10.6 Å². The van der Waals surface area contributed by atoms with E-state index in [-0.39, 0.29) is 39.9 Å². The molecule has 0 aromatic carbocycles. The Morgan fingerprint density at radius 1 is 1.36 bits per heavy atom. The number of hydrogen-bond donors (Lipinski definition) is 3. The van der Waals surface area contributed by atoms with Crippen LogP contribution in [0, 0.1) is 11.3 Å². The van der Waals surface area contributed by atoms with Crippen molar-refractivity contribution >= 4 is 50.6 Å². The number of aliphatic imine (C=N–C) groups is 1. The molecule has 33 heavy (non-hydrogen) atoms. The Morgan fingerprint density at radius 2 is 2.03 bits per heavy atom. The maximum atomic E-state index is 12.8. The number of thioether (sulfide) groups is 1. The van der Waals surface area contributed by atoms with Gasteiger partial charge in [0.05, 0.1) is 4.83 Å². The molecule has 0 fully saturated rings. The van der Waals surface area contributed by atoms with Crippen LogP contribution in [0.4, 0.5) is 0 Å². The molecule has 0 aromatic heterocycles. The molecule has 184 valence electrons. The molecule has 2 amide bonds. The largest absolute Gasteiger partial charge is 0.441 e. The first kappa shape index (κ1) is 29.1. The van der Waals surface area contributed by atoms with Crippen molar-refractivity contribution in [2.45, 2.75) is 64.8 Å². The van der Waals surface area contributed by atoms with Crippen LogP contribution in [0.15, 0.2) is 40.4 Å². The second-order valence-electron chi connectivity index (χ2n) is 9.17. The molecule has 1 rings (SSSR count). The lowest BCUT2D eigenvalue weighted by atomic mass is 9.92. The van der Waals surface area contributed by atoms with Crippen LogP contribution in [0.5, 0.6) is 0 Å². The number of carbonyl (C=O) groups is 3. The molecule has 0 aromatic rings. The van der Waals surface area contributed by atoms with Crippen LogP contribution < -0.4 is 16.4 Å². The summed E-state index contributed by atoms with van der Waals surface area (Å²) in [7, 11) is 0. The van der Waals surface area contributed by atoms with Gasteiger partial charge < -0.3 is 21.1 Å². The number of nitrogens with one attached hydrogen (secondary N) is 2. The average molecular weight is 544 g/mol. The molecule has 1 aliphatic rings. The molecule has 0 radical (unpaired) electrons. The van der Waals surface area contributed by atoms with Gasteiger partial charge in [0.1, 0.15) is 6.04 Å². The van der Waals surface area contributed by atoms with Gasteiger partial charge in [-0.05, 0) is 35.7 Å². The second kappa shape index (κ2) is 13.7. The third-order valence-electron chi connectivity index (χ3n) is 4.56. The third kappa shape index (κ3) is 11.2. The normalized spacial score (nSPS) is 17.9. The Kier molecular flexibility index (Phi) is 12.1. The van der Waals surface area contributed by atoms with Crippen molar-refractivity contribution in [2.24, 2.45) is 22.1 Å². The molecule has 2 unspecified atom stereocenters. The number of hydrogen-bond acceptors (Lipinski definition) is 7. The summed E-state index contributed by atoms with van der Waals surface area (Å²) in [5.41, 5.74) is 6.89. The Hall–Kier alpha value is -1.91. The monoisotopic (exact) mass is 542 g/mol. The van der Waals surface area contributed by atoms with Gasteiger partial charge in [-0.1, -0.05) is 75.0 Å². The Labute approximate surface area is 209 Å². The van der Waals surface area contributed by atoms with Gasteiger partial charge in [-0.2, -0.15) is 0 Å². The summed E-state index contributed by atoms with van der Waals surface area (Å²) in [6.07, 6.45) is 4.97. The zero-order valence-corrected chi connectivity index (χ0v) is 22.3. The van der Waals surface area contributed by atoms with Crippen molar-refractivity contribution in [1.29, 1.82) is 0 Å². The zero-order valence-electron chi connectivity index (χ0n) is 19.9. The van der Waals surface area contributed by atoms with Crippen LogP contribution in [-0.2, 0) is 19.1 Å². The number of esters is 1. The molecule has 1 aliphatic carbocycles. The van der Waals surface area contributed by atoms with Crippen molar-refractivity contribution in [3.8, 4) is 0 Å². The molecule has 0 saturated heterocycles. The number of amidine groups is 1. The summed E-state index contributed by atoms with van der Waals surface area (Å²) in [6.45, 7) is 13.0. The van der Waals surface area contributed by atoms with E-state index >= 15 is 0 Å². The Morgan fingerprint density at radius 3 is 2.61 bits per heavy atom. The van der Waals surface area contributed by atoms with E-state index in [2.05, 4.69) is 38.1 Å². The number of halogens is 1. The third-order valence-corrected chi connectivity index (χ3v) is 6.13. The topological polar surface area (TPSA) is 123 Å². The lowest BCUT2D eigenvalue weighted by molar-refractivity contribution is -0.146. The van der Waals surface area contributed by atoms with E-state index in [0.29, 0.717) is 24.8 Å². The SMILES string of the molecule is C=CS/C(=N/COC(=O)C(N)C(C)C)NC(=O)C1=CC=C(NC(=O)CC(C)(C)C)C(Br)CC1. The summed E-state index contributed by atoms with van der Waals surface area (Å²) < 4.78 is 5.07. The average Bonchev–Trinajstić information content (AvgIpc) is 2.87. The molecule has 0 saturated carbocycles. The van der Waals surface area contributed by atoms with Crippen molar-refractivity contribution in [3.05, 3.63) is 35.4 Å². The number of carbonyl (C=O) groups excluding carboxylic acids is 3. The van der Waals surface area contributed by atoms with Gasteiger partial charge in [0.2, 0.25) is 5.91 Å². The highest BCUT2D eigenvalue weighted by Crippen LogP contribution is 2.25. The van der Waals surface area contributed by atoms with Crippen LogP contribution in [0.1, 0.15) is 53.9 Å². The molecule has 4 N–H and O–H groups in total. The van der Waals surface area contributed by atoms with Crippen LogP contribution in [-0.4, -0.2) is 40.6 Å². The van der Waals surface area contributed by atoms with Crippen molar-refractivity contribution in [2.75, 3.05) is 6.73 Å². The Bertz CT molecular complexity index is 831. The minimum Gasteiger partial charge on any atom is -0.441 e. The first-order valence-corrected chi connectivity index (χ1v) is 12.5. The lowest BCUT2D eigenvalue weighted by Gasteiger charge is -2.19. The summed E-state index contributed by atoms with van der Waals surface area (Å²) in [5.74, 6) is -1.00. The van der Waals surface area contributed by atoms with Gasteiger partial charge >= 0.3 is 5.97 Å². The van der Waals surface area contributed by atoms with Crippen LogP contribution in [0.2, 0.25) is 0 Å². The number of nitrogens with zero attached hydrogens (tertiary/aromatic N) is 1. The Balaban J connectivity index is 2.81. The van der Waals surface area contributed by atoms with E-state index in [9.17, 15) is 14.4 Å². The minimum absolute atomic E-state index is 0.0557. The van der Waals surface area contributed by atoms with Gasteiger partial charge in [-0.15, -0.1) is 0 Å². The number of allylic oxidation sites excluding steroid dienone is 3. The highest BCUT2D eigenvalue weighted by Gasteiger charge is 2.23. The summed E-state index contributed by atoms with van der Waals surface area (Å²) >= 11 is 4.69. The quantitative estimate of drug-likeness (QED) is 0.186. The lowest BCUT2D eigenvalue weighted by Crippen LogP contribution is -2.37. The van der Waals surface area contributed by atoms with E-state index in [4.69, 9.17) is 10.5 Å². The minimum atomic E-state index is -0.733. The van der Waals surface area contributed by atoms with Crippen molar-refractivity contribution < 1.29 is 19.1 Å².